The van der Waals surface area contributed by atoms with Crippen LogP contribution in [0.25, 0.3) is 0 Å². The van der Waals surface area contributed by atoms with E-state index in [0.717, 1.165) is 24.4 Å². The normalized spacial score (nSPS) is 25.6. The molecule has 1 aromatic rings. The lowest BCUT2D eigenvalue weighted by atomic mass is 9.95. The van der Waals surface area contributed by atoms with Gasteiger partial charge in [-0.3, -0.25) is 0 Å². The highest BCUT2D eigenvalue weighted by molar-refractivity contribution is 6.31. The number of rotatable bonds is 3. The van der Waals surface area contributed by atoms with Crippen molar-refractivity contribution in [2.45, 2.75) is 43.6 Å². The second-order valence-electron chi connectivity index (χ2n) is 4.42. The predicted molar refractivity (Wildman–Crippen MR) is 70.2 cm³/mol. The second-order valence-corrected chi connectivity index (χ2v) is 5.45. The molecular weight excluding hydrogens is 241 g/mol. The molecule has 0 bridgehead atoms. The fourth-order valence-electron chi connectivity index (χ4n) is 2.15. The summed E-state index contributed by atoms with van der Waals surface area (Å²) >= 11 is 12.2. The lowest BCUT2D eigenvalue weighted by molar-refractivity contribution is 0.376. The van der Waals surface area contributed by atoms with Crippen LogP contribution in [0.2, 0.25) is 5.02 Å². The number of hydrogen-bond acceptors (Lipinski definition) is 1. The van der Waals surface area contributed by atoms with Gasteiger partial charge in [0.1, 0.15) is 0 Å². The summed E-state index contributed by atoms with van der Waals surface area (Å²) in [7, 11) is 0. The molecule has 0 radical (unpaired) electrons. The van der Waals surface area contributed by atoms with Crippen molar-refractivity contribution >= 4 is 23.2 Å². The Morgan fingerprint density at radius 2 is 1.81 bits per heavy atom. The molecule has 1 aliphatic rings. The minimum absolute atomic E-state index is 0.387. The van der Waals surface area contributed by atoms with Crippen LogP contribution in [0.5, 0.6) is 0 Å². The van der Waals surface area contributed by atoms with Gasteiger partial charge < -0.3 is 5.32 Å². The fourth-order valence-corrected chi connectivity index (χ4v) is 2.61. The zero-order valence-electron chi connectivity index (χ0n) is 9.26. The van der Waals surface area contributed by atoms with E-state index in [9.17, 15) is 0 Å². The van der Waals surface area contributed by atoms with Gasteiger partial charge in [0.05, 0.1) is 0 Å². The van der Waals surface area contributed by atoms with Gasteiger partial charge in [-0.1, -0.05) is 29.8 Å². The predicted octanol–water partition coefficient (Wildman–Crippen LogP) is 3.98. The fraction of sp³-hybridized carbons (Fsp3) is 0.538. The minimum Gasteiger partial charge on any atom is -0.310 e. The van der Waals surface area contributed by atoms with Crippen LogP contribution < -0.4 is 5.32 Å². The van der Waals surface area contributed by atoms with Crippen molar-refractivity contribution in [3.05, 3.63) is 34.9 Å². The van der Waals surface area contributed by atoms with E-state index < -0.39 is 0 Å². The topological polar surface area (TPSA) is 12.0 Å². The zero-order valence-corrected chi connectivity index (χ0v) is 10.8. The third-order valence-corrected chi connectivity index (χ3v) is 4.00. The van der Waals surface area contributed by atoms with Gasteiger partial charge in [0.15, 0.2) is 0 Å². The molecule has 1 saturated carbocycles. The molecule has 0 atom stereocenters. The summed E-state index contributed by atoms with van der Waals surface area (Å²) in [5.74, 6) is 0. The highest BCUT2D eigenvalue weighted by Crippen LogP contribution is 2.23. The first kappa shape index (κ1) is 12.2. The molecule has 88 valence electrons. The number of alkyl halides is 1. The first-order valence-corrected chi connectivity index (χ1v) is 6.68. The van der Waals surface area contributed by atoms with Crippen LogP contribution in [-0.4, -0.2) is 11.4 Å². The van der Waals surface area contributed by atoms with Crippen molar-refractivity contribution in [3.8, 4) is 0 Å². The van der Waals surface area contributed by atoms with Crippen LogP contribution >= 0.6 is 23.2 Å². The van der Waals surface area contributed by atoms with Gasteiger partial charge in [-0.15, -0.1) is 11.6 Å². The highest BCUT2D eigenvalue weighted by Gasteiger charge is 2.18. The molecular formula is C13H17Cl2N. The van der Waals surface area contributed by atoms with E-state index in [2.05, 4.69) is 11.4 Å². The Hall–Kier alpha value is -0.240. The smallest absolute Gasteiger partial charge is 0.0450 e. The van der Waals surface area contributed by atoms with Crippen molar-refractivity contribution in [2.24, 2.45) is 0 Å². The van der Waals surface area contributed by atoms with E-state index in [-0.39, 0.29) is 0 Å². The first-order valence-electron chi connectivity index (χ1n) is 5.86. The zero-order chi connectivity index (χ0) is 11.4. The van der Waals surface area contributed by atoms with Crippen LogP contribution in [0.3, 0.4) is 0 Å². The van der Waals surface area contributed by atoms with Crippen LogP contribution in [-0.2, 0) is 6.54 Å². The Kier molecular flexibility index (Phi) is 4.51. The van der Waals surface area contributed by atoms with Gasteiger partial charge in [-0.05, 0) is 37.3 Å². The Morgan fingerprint density at radius 3 is 2.50 bits per heavy atom. The summed E-state index contributed by atoms with van der Waals surface area (Å²) in [5, 5.41) is 4.79. The van der Waals surface area contributed by atoms with Gasteiger partial charge in [-0.25, -0.2) is 0 Å². The van der Waals surface area contributed by atoms with Crippen LogP contribution in [0, 0.1) is 0 Å². The van der Waals surface area contributed by atoms with Gasteiger partial charge in [0.25, 0.3) is 0 Å². The third-order valence-electron chi connectivity index (χ3n) is 3.20. The lowest BCUT2D eigenvalue weighted by Gasteiger charge is -2.26. The second kappa shape index (κ2) is 5.90. The number of benzene rings is 1. The van der Waals surface area contributed by atoms with E-state index in [1.165, 1.54) is 18.4 Å². The monoisotopic (exact) mass is 257 g/mol. The van der Waals surface area contributed by atoms with Crippen LogP contribution in [0.1, 0.15) is 31.2 Å². The molecule has 0 aliphatic heterocycles. The van der Waals surface area contributed by atoms with E-state index in [1.54, 1.807) is 0 Å². The molecule has 0 saturated heterocycles. The average molecular weight is 258 g/mol. The molecule has 3 heteroatoms. The quantitative estimate of drug-likeness (QED) is 0.808. The maximum absolute atomic E-state index is 6.10. The van der Waals surface area contributed by atoms with Gasteiger partial charge >= 0.3 is 0 Å². The van der Waals surface area contributed by atoms with Crippen molar-refractivity contribution < 1.29 is 0 Å². The van der Waals surface area contributed by atoms with Crippen molar-refractivity contribution in [2.75, 3.05) is 0 Å². The molecule has 0 spiro atoms. The number of hydrogen-bond donors (Lipinski definition) is 1. The Bertz CT molecular complexity index is 332. The molecule has 1 aliphatic carbocycles. The summed E-state index contributed by atoms with van der Waals surface area (Å²) in [4.78, 5) is 0. The molecule has 1 aromatic carbocycles. The minimum atomic E-state index is 0.387. The number of halogens is 2. The highest BCUT2D eigenvalue weighted by atomic mass is 35.5. The van der Waals surface area contributed by atoms with Gasteiger partial charge in [0.2, 0.25) is 0 Å². The van der Waals surface area contributed by atoms with Gasteiger partial charge in [-0.2, -0.15) is 0 Å². The molecule has 1 N–H and O–H groups in total. The largest absolute Gasteiger partial charge is 0.310 e. The third kappa shape index (κ3) is 3.38. The van der Waals surface area contributed by atoms with Crippen LogP contribution in [0.4, 0.5) is 0 Å². The molecule has 0 aromatic heterocycles. The van der Waals surface area contributed by atoms with Crippen LogP contribution in [0.15, 0.2) is 24.3 Å². The molecule has 1 nitrogen and oxygen atoms in total. The molecule has 0 heterocycles. The summed E-state index contributed by atoms with van der Waals surface area (Å²) in [5.41, 5.74) is 1.18. The summed E-state index contributed by atoms with van der Waals surface area (Å²) < 4.78 is 0. The summed E-state index contributed by atoms with van der Waals surface area (Å²) in [6.45, 7) is 0.858. The van der Waals surface area contributed by atoms with Crippen molar-refractivity contribution in [1.82, 2.24) is 5.32 Å². The molecule has 16 heavy (non-hydrogen) atoms. The van der Waals surface area contributed by atoms with Crippen molar-refractivity contribution in [3.63, 3.8) is 0 Å². The average Bonchev–Trinajstić information content (AvgIpc) is 2.30. The summed E-state index contributed by atoms with van der Waals surface area (Å²) in [6.07, 6.45) is 4.61. The van der Waals surface area contributed by atoms with E-state index in [4.69, 9.17) is 23.2 Å². The summed E-state index contributed by atoms with van der Waals surface area (Å²) in [6, 6.07) is 8.60. The SMILES string of the molecule is Clc1ccccc1CNC1CCC(Cl)CC1. The Morgan fingerprint density at radius 1 is 1.12 bits per heavy atom. The molecule has 1 fully saturated rings. The van der Waals surface area contributed by atoms with E-state index in [0.29, 0.717) is 11.4 Å². The maximum Gasteiger partial charge on any atom is 0.0450 e. The first-order chi connectivity index (χ1) is 7.75. The van der Waals surface area contributed by atoms with Crippen molar-refractivity contribution in [1.29, 1.82) is 0 Å². The van der Waals surface area contributed by atoms with Gasteiger partial charge in [0, 0.05) is 23.0 Å². The maximum atomic E-state index is 6.10. The Labute approximate surface area is 107 Å². The van der Waals surface area contributed by atoms with E-state index in [1.807, 2.05) is 18.2 Å². The standard InChI is InChI=1S/C13H17Cl2N/c14-11-5-7-12(8-6-11)16-9-10-3-1-2-4-13(10)15/h1-4,11-12,16H,5-9H2. The number of nitrogens with one attached hydrogen (secondary N) is 1. The lowest BCUT2D eigenvalue weighted by Crippen LogP contribution is -2.33. The molecule has 2 rings (SSSR count). The molecule has 0 unspecified atom stereocenters. The Balaban J connectivity index is 1.81. The molecule has 0 amide bonds. The van der Waals surface area contributed by atoms with E-state index >= 15 is 0 Å².